The molecular formula is C29H33F3N4O8. The van der Waals surface area contributed by atoms with E-state index in [0.29, 0.717) is 13.0 Å². The van der Waals surface area contributed by atoms with Gasteiger partial charge in [-0.2, -0.15) is 13.2 Å². The Bertz CT molecular complexity index is 1550. The van der Waals surface area contributed by atoms with Gasteiger partial charge in [0.05, 0.1) is 17.2 Å². The van der Waals surface area contributed by atoms with Crippen LogP contribution in [0.15, 0.2) is 23.0 Å². The molecule has 1 heterocycles. The number of likely N-dealkylation sites (N-methyl/N-ethyl adjacent to an activating group) is 1. The van der Waals surface area contributed by atoms with Gasteiger partial charge in [0.25, 0.3) is 5.91 Å². The summed E-state index contributed by atoms with van der Waals surface area (Å²) in [6.07, 6.45) is -5.24. The number of hydrogen-bond donors (Lipinski definition) is 6. The van der Waals surface area contributed by atoms with E-state index < -0.39 is 98.7 Å². The lowest BCUT2D eigenvalue weighted by molar-refractivity contribution is -0.153. The number of nitrogens with one attached hydrogen (secondary N) is 1. The third kappa shape index (κ3) is 4.73. The highest BCUT2D eigenvalue weighted by Crippen LogP contribution is 2.54. The van der Waals surface area contributed by atoms with Crippen LogP contribution in [0.1, 0.15) is 42.0 Å². The number of likely N-dealkylation sites (tertiary alicyclic amines) is 1. The van der Waals surface area contributed by atoms with Crippen molar-refractivity contribution >= 4 is 29.1 Å². The second-order valence-electron chi connectivity index (χ2n) is 12.2. The molecule has 0 bridgehead atoms. The molecule has 0 radical (unpaired) electrons. The van der Waals surface area contributed by atoms with Crippen molar-refractivity contribution < 1.29 is 52.8 Å². The molecule has 1 aromatic rings. The van der Waals surface area contributed by atoms with Gasteiger partial charge in [-0.15, -0.1) is 0 Å². The number of aliphatic hydroxyl groups excluding tert-OH is 2. The Hall–Kier alpha value is -3.95. The molecule has 0 aromatic heterocycles. The first-order valence-electron chi connectivity index (χ1n) is 14.0. The van der Waals surface area contributed by atoms with E-state index in [1.807, 2.05) is 0 Å². The van der Waals surface area contributed by atoms with Crippen LogP contribution in [0.4, 0.5) is 13.2 Å². The van der Waals surface area contributed by atoms with Gasteiger partial charge >= 0.3 is 6.18 Å². The number of hydrogen-bond acceptors (Lipinski definition) is 10. The molecule has 15 heteroatoms. The molecule has 238 valence electrons. The van der Waals surface area contributed by atoms with Gasteiger partial charge in [0.1, 0.15) is 22.8 Å². The van der Waals surface area contributed by atoms with Crippen LogP contribution < -0.4 is 11.1 Å². The Kier molecular flexibility index (Phi) is 7.58. The number of halogens is 3. The number of nitrogens with two attached hydrogens (primary N) is 1. The van der Waals surface area contributed by atoms with Gasteiger partial charge < -0.3 is 31.5 Å². The van der Waals surface area contributed by atoms with E-state index in [2.05, 4.69) is 5.32 Å². The minimum Gasteiger partial charge on any atom is -0.508 e. The van der Waals surface area contributed by atoms with Crippen LogP contribution >= 0.6 is 0 Å². The highest BCUT2D eigenvalue weighted by atomic mass is 19.4. The van der Waals surface area contributed by atoms with Crippen molar-refractivity contribution in [3.05, 3.63) is 45.2 Å². The smallest absolute Gasteiger partial charge is 0.417 e. The van der Waals surface area contributed by atoms with Crippen LogP contribution in [-0.2, 0) is 38.3 Å². The largest absolute Gasteiger partial charge is 0.508 e. The summed E-state index contributed by atoms with van der Waals surface area (Å²) in [7, 11) is 2.85. The summed E-state index contributed by atoms with van der Waals surface area (Å²) >= 11 is 0. The number of nitrogens with zero attached hydrogens (tertiary/aromatic N) is 2. The normalized spacial score (nSPS) is 29.1. The number of rotatable bonds is 5. The van der Waals surface area contributed by atoms with E-state index in [0.717, 1.165) is 6.07 Å². The molecule has 2 fully saturated rings. The maximum Gasteiger partial charge on any atom is 0.417 e. The summed E-state index contributed by atoms with van der Waals surface area (Å²) in [5.74, 6) is -9.51. The Labute approximate surface area is 249 Å². The zero-order valence-corrected chi connectivity index (χ0v) is 24.2. The van der Waals surface area contributed by atoms with Crippen molar-refractivity contribution in [2.24, 2.45) is 17.6 Å². The summed E-state index contributed by atoms with van der Waals surface area (Å²) in [6.45, 7) is 1.79. The Morgan fingerprint density at radius 2 is 1.86 bits per heavy atom. The lowest BCUT2D eigenvalue weighted by Crippen LogP contribution is -2.65. The second kappa shape index (κ2) is 10.6. The number of alkyl halides is 3. The van der Waals surface area contributed by atoms with Gasteiger partial charge in [0, 0.05) is 44.1 Å². The van der Waals surface area contributed by atoms with E-state index in [1.54, 1.807) is 4.90 Å². The third-order valence-electron chi connectivity index (χ3n) is 9.16. The monoisotopic (exact) mass is 622 g/mol. The van der Waals surface area contributed by atoms with E-state index in [1.165, 1.54) is 25.9 Å². The van der Waals surface area contributed by atoms with Crippen molar-refractivity contribution in [2.75, 3.05) is 27.2 Å². The average Bonchev–Trinajstić information content (AvgIpc) is 3.30. The number of phenols is 1. The molecule has 12 nitrogen and oxygen atoms in total. The fourth-order valence-corrected chi connectivity index (χ4v) is 7.48. The number of fused-ring (bicyclic) bond motifs is 3. The summed E-state index contributed by atoms with van der Waals surface area (Å²) in [6, 6.07) is -0.738. The number of primary amides is 1. The first-order valence-corrected chi connectivity index (χ1v) is 14.0. The lowest BCUT2D eigenvalue weighted by Gasteiger charge is -2.50. The molecule has 44 heavy (non-hydrogen) atoms. The van der Waals surface area contributed by atoms with Crippen LogP contribution in [0, 0.1) is 11.8 Å². The number of Topliss-reactive ketones (excluding diaryl/α,β-unsaturated/α-hetero) is 2. The van der Waals surface area contributed by atoms with Gasteiger partial charge in [0.2, 0.25) is 11.7 Å². The maximum absolute atomic E-state index is 14.7. The van der Waals surface area contributed by atoms with Gasteiger partial charge in [-0.3, -0.25) is 29.0 Å². The average molecular weight is 623 g/mol. The second-order valence-corrected chi connectivity index (χ2v) is 12.2. The first-order chi connectivity index (χ1) is 20.4. The number of aromatic hydroxyl groups is 1. The number of ketones is 2. The van der Waals surface area contributed by atoms with Crippen molar-refractivity contribution in [1.82, 2.24) is 15.1 Å². The summed E-state index contributed by atoms with van der Waals surface area (Å²) in [5.41, 5.74) is -1.55. The molecule has 1 aliphatic heterocycles. The number of carbonyl (C=O) groups excluding carboxylic acids is 4. The zero-order valence-electron chi connectivity index (χ0n) is 24.2. The minimum atomic E-state index is -4.94. The number of benzene rings is 1. The molecule has 2 amide bonds. The van der Waals surface area contributed by atoms with Crippen molar-refractivity contribution in [3.8, 4) is 5.75 Å². The quantitative estimate of drug-likeness (QED) is 0.255. The molecule has 7 N–H and O–H groups in total. The highest BCUT2D eigenvalue weighted by molar-refractivity contribution is 6.24. The molecule has 4 aliphatic rings. The zero-order chi connectivity index (χ0) is 32.6. The number of carbonyl (C=O) groups is 4. The van der Waals surface area contributed by atoms with Crippen LogP contribution in [0.3, 0.4) is 0 Å². The number of aliphatic hydroxyl groups is 3. The fraction of sp³-hybridized carbons (Fsp3) is 0.517. The van der Waals surface area contributed by atoms with Gasteiger partial charge in [-0.1, -0.05) is 0 Å². The molecule has 0 spiro atoms. The van der Waals surface area contributed by atoms with Gasteiger partial charge in [-0.05, 0) is 56.5 Å². The molecule has 5 atom stereocenters. The molecule has 3 aliphatic carbocycles. The number of amides is 2. The molecule has 0 unspecified atom stereocenters. The summed E-state index contributed by atoms with van der Waals surface area (Å²) in [5, 5.41) is 47.5. The lowest BCUT2D eigenvalue weighted by atomic mass is 9.57. The Morgan fingerprint density at radius 1 is 1.20 bits per heavy atom. The number of phenolic OH excluding ortho intramolecular Hbond substituents is 1. The molecule has 1 saturated carbocycles. The van der Waals surface area contributed by atoms with Gasteiger partial charge in [0.15, 0.2) is 11.4 Å². The van der Waals surface area contributed by atoms with E-state index in [-0.39, 0.29) is 37.0 Å². The van der Waals surface area contributed by atoms with Crippen LogP contribution in [0.5, 0.6) is 5.75 Å². The van der Waals surface area contributed by atoms with E-state index in [9.17, 15) is 52.8 Å². The van der Waals surface area contributed by atoms with Crippen LogP contribution in [-0.4, -0.2) is 98.5 Å². The standard InChI is InChI=1S/C29H33F3N4O8/c1-11(37)34-14-4-5-36(10-14)9-13-8-17(38)19-15(21(13)29(30,31)32)6-12-7-16-22(35(2)3)24(40)20(27(33)43)26(42)28(16,44)25(41)18(12)23(19)39/h8,12,14,16,22,38-39,42,44H,4-7,9-10H2,1-3H3,(H2,33,43)(H,34,37)/t12-,14+,16-,22-,28-/m0/s1. The first kappa shape index (κ1) is 31.5. The topological polar surface area (TPSA) is 194 Å². The van der Waals surface area contributed by atoms with Crippen molar-refractivity contribution in [2.45, 2.75) is 56.6 Å². The summed E-state index contributed by atoms with van der Waals surface area (Å²) in [4.78, 5) is 53.7. The summed E-state index contributed by atoms with van der Waals surface area (Å²) < 4.78 is 44.2. The SMILES string of the molecule is CC(=O)N[C@@H]1CCN(Cc2cc(O)c3c(c2C(F)(F)F)C[C@H]2C[C@H]4[C@H](N(C)C)C(=O)C(C(N)=O)=C(O)[C@@]4(O)C(=O)C2=C3O)C1. The van der Waals surface area contributed by atoms with Crippen LogP contribution in [0.2, 0.25) is 0 Å². The Morgan fingerprint density at radius 3 is 2.43 bits per heavy atom. The van der Waals surface area contributed by atoms with Crippen molar-refractivity contribution in [3.63, 3.8) is 0 Å². The predicted octanol–water partition coefficient (Wildman–Crippen LogP) is 0.693. The maximum atomic E-state index is 14.7. The van der Waals surface area contributed by atoms with E-state index in [4.69, 9.17) is 5.73 Å². The molecule has 1 aromatic carbocycles. The predicted molar refractivity (Wildman–Crippen MR) is 147 cm³/mol. The third-order valence-corrected chi connectivity index (χ3v) is 9.16. The fourth-order valence-electron chi connectivity index (χ4n) is 7.48. The van der Waals surface area contributed by atoms with Crippen LogP contribution in [0.25, 0.3) is 5.76 Å². The van der Waals surface area contributed by atoms with Gasteiger partial charge in [-0.25, -0.2) is 0 Å². The minimum absolute atomic E-state index is 0.221. The van der Waals surface area contributed by atoms with E-state index >= 15 is 0 Å². The molecule has 1 saturated heterocycles. The van der Waals surface area contributed by atoms with Crippen molar-refractivity contribution in [1.29, 1.82) is 0 Å². The highest BCUT2D eigenvalue weighted by Gasteiger charge is 2.64. The Balaban J connectivity index is 1.64. The molecule has 5 rings (SSSR count). The molecular weight excluding hydrogens is 589 g/mol.